The van der Waals surface area contributed by atoms with Gasteiger partial charge in [-0.25, -0.2) is 0 Å². The summed E-state index contributed by atoms with van der Waals surface area (Å²) in [6, 6.07) is 6.26. The maximum Gasteiger partial charge on any atom is 0.0401 e. The van der Waals surface area contributed by atoms with E-state index in [1.54, 1.807) is 0 Å². The van der Waals surface area contributed by atoms with Crippen LogP contribution in [0.25, 0.3) is 6.08 Å². The van der Waals surface area contributed by atoms with E-state index in [1.165, 1.54) is 15.6 Å². The zero-order valence-electron chi connectivity index (χ0n) is 9.97. The van der Waals surface area contributed by atoms with E-state index in [9.17, 15) is 0 Å². The van der Waals surface area contributed by atoms with Gasteiger partial charge in [0.25, 0.3) is 0 Å². The molecule has 84 valence electrons. The fourth-order valence-electron chi connectivity index (χ4n) is 1.23. The van der Waals surface area contributed by atoms with Gasteiger partial charge < -0.3 is 5.32 Å². The van der Waals surface area contributed by atoms with Gasteiger partial charge in [0.1, 0.15) is 0 Å². The zero-order chi connectivity index (χ0) is 11.7. The molecule has 1 nitrogen and oxygen atoms in total. The van der Waals surface area contributed by atoms with Crippen molar-refractivity contribution >= 4 is 22.0 Å². The molecule has 0 saturated carbocycles. The van der Waals surface area contributed by atoms with Crippen LogP contribution in [-0.4, -0.2) is 0 Å². The molecule has 1 aliphatic rings. The first-order valence-corrected chi connectivity index (χ1v) is 6.34. The fraction of sp³-hybridized carbons (Fsp3) is 0.385. The van der Waals surface area contributed by atoms with Crippen LogP contribution in [0.1, 0.15) is 38.8 Å². The molecule has 1 aliphatic heterocycles. The second-order valence-corrected chi connectivity index (χ2v) is 3.38. The van der Waals surface area contributed by atoms with E-state index in [0.29, 0.717) is 0 Å². The minimum atomic E-state index is 0.936. The molecule has 1 N–H and O–H groups in total. The van der Waals surface area contributed by atoms with Gasteiger partial charge >= 0.3 is 0 Å². The summed E-state index contributed by atoms with van der Waals surface area (Å²) in [6.07, 6.45) is 4.07. The largest absolute Gasteiger partial charge is 0.387 e. The molecule has 0 spiro atoms. The number of rotatable bonds is 0. The van der Waals surface area contributed by atoms with E-state index in [2.05, 4.69) is 45.5 Å². The van der Waals surface area contributed by atoms with E-state index in [1.807, 2.05) is 33.9 Å². The topological polar surface area (TPSA) is 12.0 Å². The van der Waals surface area contributed by atoms with Crippen LogP contribution in [-0.2, 0) is 6.54 Å². The van der Waals surface area contributed by atoms with Gasteiger partial charge in [0.2, 0.25) is 0 Å². The number of hydrogen-bond donors (Lipinski definition) is 1. The van der Waals surface area contributed by atoms with Gasteiger partial charge in [0.05, 0.1) is 0 Å². The molecule has 0 bridgehead atoms. The maximum absolute atomic E-state index is 3.50. The molecule has 0 saturated heterocycles. The van der Waals surface area contributed by atoms with E-state index in [0.717, 1.165) is 6.54 Å². The summed E-state index contributed by atoms with van der Waals surface area (Å²) in [7, 11) is 0. The van der Waals surface area contributed by atoms with Gasteiger partial charge in [-0.2, -0.15) is 0 Å². The Labute approximate surface area is 102 Å². The van der Waals surface area contributed by atoms with Crippen LogP contribution < -0.4 is 5.32 Å². The molecule has 0 atom stereocenters. The van der Waals surface area contributed by atoms with Crippen LogP contribution >= 0.6 is 15.9 Å². The van der Waals surface area contributed by atoms with E-state index in [-0.39, 0.29) is 0 Å². The van der Waals surface area contributed by atoms with Crippen molar-refractivity contribution < 1.29 is 0 Å². The lowest BCUT2D eigenvalue weighted by Crippen LogP contribution is -2.09. The summed E-state index contributed by atoms with van der Waals surface area (Å²) in [6.45, 7) is 8.94. The summed E-state index contributed by atoms with van der Waals surface area (Å²) < 4.78 is 1.17. The first-order chi connectivity index (χ1) is 7.38. The Kier molecular flexibility index (Phi) is 8.11. The minimum Gasteiger partial charge on any atom is -0.387 e. The van der Waals surface area contributed by atoms with Gasteiger partial charge in [-0.05, 0) is 29.5 Å². The predicted molar refractivity (Wildman–Crippen MR) is 72.7 cm³/mol. The molecule has 0 aliphatic carbocycles. The summed E-state index contributed by atoms with van der Waals surface area (Å²) in [5.41, 5.74) is 2.65. The molecule has 15 heavy (non-hydrogen) atoms. The molecule has 1 aromatic rings. The third kappa shape index (κ3) is 4.08. The van der Waals surface area contributed by atoms with Gasteiger partial charge in [-0.15, -0.1) is 0 Å². The molecule has 0 unspecified atom stereocenters. The van der Waals surface area contributed by atoms with Crippen LogP contribution in [0.5, 0.6) is 0 Å². The average Bonchev–Trinajstić information content (AvgIpc) is 2.35. The number of fused-ring (bicyclic) bond motifs is 1. The first kappa shape index (κ1) is 14.2. The third-order valence-corrected chi connectivity index (χ3v) is 2.50. The second-order valence-electron chi connectivity index (χ2n) is 2.53. The third-order valence-electron chi connectivity index (χ3n) is 1.80. The van der Waals surface area contributed by atoms with E-state index in [4.69, 9.17) is 0 Å². The Morgan fingerprint density at radius 1 is 1.13 bits per heavy atom. The summed E-state index contributed by atoms with van der Waals surface area (Å²) in [5.74, 6) is 0. The van der Waals surface area contributed by atoms with Crippen molar-refractivity contribution in [1.29, 1.82) is 0 Å². The molecule has 0 amide bonds. The van der Waals surface area contributed by atoms with Crippen LogP contribution in [0.3, 0.4) is 0 Å². The van der Waals surface area contributed by atoms with E-state index >= 15 is 0 Å². The summed E-state index contributed by atoms with van der Waals surface area (Å²) >= 11 is 3.50. The van der Waals surface area contributed by atoms with Crippen LogP contribution in [0.2, 0.25) is 0 Å². The molecule has 2 heteroatoms. The molecule has 0 aromatic heterocycles. The average molecular weight is 270 g/mol. The quantitative estimate of drug-likeness (QED) is 0.727. The minimum absolute atomic E-state index is 0.936. The molecular formula is C13H20BrN. The molecular weight excluding hydrogens is 250 g/mol. The van der Waals surface area contributed by atoms with Crippen molar-refractivity contribution in [3.8, 4) is 0 Å². The maximum atomic E-state index is 3.50. The number of benzene rings is 1. The summed E-state index contributed by atoms with van der Waals surface area (Å²) in [5, 5.41) is 3.17. The molecule has 1 heterocycles. The van der Waals surface area contributed by atoms with Crippen molar-refractivity contribution in [1.82, 2.24) is 5.32 Å². The molecule has 1 aromatic carbocycles. The smallest absolute Gasteiger partial charge is 0.0401 e. The normalized spacial score (nSPS) is 11.0. The van der Waals surface area contributed by atoms with Crippen molar-refractivity contribution in [2.24, 2.45) is 0 Å². The van der Waals surface area contributed by atoms with Crippen molar-refractivity contribution in [2.75, 3.05) is 0 Å². The highest BCUT2D eigenvalue weighted by Crippen LogP contribution is 2.23. The van der Waals surface area contributed by atoms with Crippen molar-refractivity contribution in [3.63, 3.8) is 0 Å². The van der Waals surface area contributed by atoms with Gasteiger partial charge in [0, 0.05) is 11.0 Å². The Morgan fingerprint density at radius 3 is 2.40 bits per heavy atom. The Balaban J connectivity index is 0.000000442. The second kappa shape index (κ2) is 8.54. The van der Waals surface area contributed by atoms with Crippen LogP contribution in [0.15, 0.2) is 28.9 Å². The lowest BCUT2D eigenvalue weighted by Gasteiger charge is -2.12. The monoisotopic (exact) mass is 269 g/mol. The summed E-state index contributed by atoms with van der Waals surface area (Å²) in [4.78, 5) is 0. The molecule has 2 rings (SSSR count). The lowest BCUT2D eigenvalue weighted by atomic mass is 10.1. The Hall–Kier alpha value is -0.760. The van der Waals surface area contributed by atoms with Gasteiger partial charge in [0.15, 0.2) is 0 Å². The number of nitrogens with one attached hydrogen (secondary N) is 1. The molecule has 0 fully saturated rings. The first-order valence-electron chi connectivity index (χ1n) is 5.55. The van der Waals surface area contributed by atoms with Gasteiger partial charge in [-0.1, -0.05) is 55.8 Å². The standard InChI is InChI=1S/C9H8BrN.2C2H6/c10-9-3-1-2-7-6-11-5-4-8(7)9;2*1-2/h1-5,11H,6H2;2*1-2H3. The van der Waals surface area contributed by atoms with Crippen molar-refractivity contribution in [2.45, 2.75) is 34.2 Å². The number of halogens is 1. The molecule has 0 radical (unpaired) electrons. The van der Waals surface area contributed by atoms with Crippen LogP contribution in [0.4, 0.5) is 0 Å². The highest BCUT2D eigenvalue weighted by atomic mass is 79.9. The van der Waals surface area contributed by atoms with Crippen LogP contribution in [0, 0.1) is 0 Å². The Bertz CT molecular complexity index is 305. The zero-order valence-corrected chi connectivity index (χ0v) is 11.6. The fourth-order valence-corrected chi connectivity index (χ4v) is 1.77. The Morgan fingerprint density at radius 2 is 1.80 bits per heavy atom. The highest BCUT2D eigenvalue weighted by Gasteiger charge is 2.04. The van der Waals surface area contributed by atoms with E-state index < -0.39 is 0 Å². The van der Waals surface area contributed by atoms with Gasteiger partial charge in [-0.3, -0.25) is 0 Å². The van der Waals surface area contributed by atoms with Crippen molar-refractivity contribution in [3.05, 3.63) is 40.0 Å². The lowest BCUT2D eigenvalue weighted by molar-refractivity contribution is 0.857. The SMILES string of the molecule is Brc1cccc2c1C=CNC2.CC.CC. The highest BCUT2D eigenvalue weighted by molar-refractivity contribution is 9.10. The number of hydrogen-bond acceptors (Lipinski definition) is 1. The predicted octanol–water partition coefficient (Wildman–Crippen LogP) is 4.58.